The topological polar surface area (TPSA) is 37.8 Å². The molecule has 3 nitrogen and oxygen atoms in total. The maximum Gasteiger partial charge on any atom is 0.416 e. The normalized spacial score (nSPS) is 13.2. The lowest BCUT2D eigenvalue weighted by molar-refractivity contribution is -0.137. The van der Waals surface area contributed by atoms with Crippen molar-refractivity contribution in [3.63, 3.8) is 0 Å². The molecule has 0 spiro atoms. The molecule has 0 aliphatic rings. The molecule has 1 heterocycles. The number of nitrogens with zero attached hydrogens (tertiary/aromatic N) is 2. The van der Waals surface area contributed by atoms with Gasteiger partial charge in [-0.25, -0.2) is 0 Å². The molecule has 0 radical (unpaired) electrons. The maximum atomic E-state index is 12.8. The lowest BCUT2D eigenvalue weighted by Gasteiger charge is -2.19. The summed E-state index contributed by atoms with van der Waals surface area (Å²) in [6.07, 6.45) is -1.27. The van der Waals surface area contributed by atoms with Crippen molar-refractivity contribution in [2.24, 2.45) is 0 Å². The van der Waals surface area contributed by atoms with Crippen LogP contribution in [0.4, 0.5) is 13.2 Å². The first kappa shape index (κ1) is 14.5. The van der Waals surface area contributed by atoms with Gasteiger partial charge in [-0.1, -0.05) is 19.1 Å². The van der Waals surface area contributed by atoms with Gasteiger partial charge >= 0.3 is 6.18 Å². The Hall–Kier alpha value is -1.95. The molecule has 0 saturated carbocycles. The first-order valence-corrected chi connectivity index (χ1v) is 6.19. The molecule has 2 aromatic rings. The van der Waals surface area contributed by atoms with Crippen molar-refractivity contribution in [2.75, 3.05) is 6.54 Å². The third kappa shape index (κ3) is 3.33. The van der Waals surface area contributed by atoms with Gasteiger partial charge in [-0.3, -0.25) is 0 Å². The van der Waals surface area contributed by atoms with Crippen LogP contribution in [0, 0.1) is 0 Å². The Bertz CT molecular complexity index is 555. The smallest absolute Gasteiger partial charge is 0.306 e. The zero-order valence-electron chi connectivity index (χ0n) is 10.9. The summed E-state index contributed by atoms with van der Waals surface area (Å²) in [7, 11) is 0. The summed E-state index contributed by atoms with van der Waals surface area (Å²) < 4.78 is 38.3. The van der Waals surface area contributed by atoms with Gasteiger partial charge in [0.1, 0.15) is 0 Å². The highest BCUT2D eigenvalue weighted by molar-refractivity contribution is 5.33. The Balaban J connectivity index is 2.40. The van der Waals surface area contributed by atoms with Crippen LogP contribution in [0.25, 0.3) is 0 Å². The van der Waals surface area contributed by atoms with Gasteiger partial charge in [-0.15, -0.1) is 0 Å². The summed E-state index contributed by atoms with van der Waals surface area (Å²) in [5, 5.41) is 10.6. The number of rotatable bonds is 4. The Morgan fingerprint density at radius 2 is 1.95 bits per heavy atom. The first-order valence-electron chi connectivity index (χ1n) is 6.19. The molecular formula is C14H14F3N3. The SMILES string of the molecule is CCNC(c1ccnnc1)c1cccc(C(F)(F)F)c1. The number of halogens is 3. The average molecular weight is 281 g/mol. The monoisotopic (exact) mass is 281 g/mol. The molecule has 1 unspecified atom stereocenters. The summed E-state index contributed by atoms with van der Waals surface area (Å²) in [5.74, 6) is 0. The van der Waals surface area contributed by atoms with Crippen molar-refractivity contribution < 1.29 is 13.2 Å². The van der Waals surface area contributed by atoms with Gasteiger partial charge in [0, 0.05) is 6.20 Å². The van der Waals surface area contributed by atoms with Crippen LogP contribution in [0.3, 0.4) is 0 Å². The summed E-state index contributed by atoms with van der Waals surface area (Å²) in [6, 6.07) is 6.71. The van der Waals surface area contributed by atoms with Crippen LogP contribution in [-0.4, -0.2) is 16.7 Å². The molecule has 0 fully saturated rings. The van der Waals surface area contributed by atoms with Gasteiger partial charge in [0.15, 0.2) is 0 Å². The van der Waals surface area contributed by atoms with Crippen molar-refractivity contribution in [3.8, 4) is 0 Å². The average Bonchev–Trinajstić information content (AvgIpc) is 2.45. The van der Waals surface area contributed by atoms with Crippen molar-refractivity contribution in [2.45, 2.75) is 19.1 Å². The zero-order chi connectivity index (χ0) is 14.6. The first-order chi connectivity index (χ1) is 9.52. The van der Waals surface area contributed by atoms with E-state index in [0.717, 1.165) is 17.7 Å². The van der Waals surface area contributed by atoms with E-state index in [1.165, 1.54) is 12.3 Å². The highest BCUT2D eigenvalue weighted by atomic mass is 19.4. The molecule has 0 aliphatic carbocycles. The summed E-state index contributed by atoms with van der Waals surface area (Å²) in [6.45, 7) is 2.53. The fourth-order valence-electron chi connectivity index (χ4n) is 2.00. The Kier molecular flexibility index (Phi) is 4.34. The van der Waals surface area contributed by atoms with E-state index in [2.05, 4.69) is 15.5 Å². The van der Waals surface area contributed by atoms with Gasteiger partial charge < -0.3 is 5.32 Å². The number of hydrogen-bond acceptors (Lipinski definition) is 3. The summed E-state index contributed by atoms with van der Waals surface area (Å²) in [5.41, 5.74) is 0.677. The van der Waals surface area contributed by atoms with Gasteiger partial charge in [0.2, 0.25) is 0 Å². The van der Waals surface area contributed by atoms with Crippen molar-refractivity contribution in [3.05, 3.63) is 59.4 Å². The highest BCUT2D eigenvalue weighted by Crippen LogP contribution is 2.31. The van der Waals surface area contributed by atoms with Gasteiger partial charge in [-0.05, 0) is 35.9 Å². The van der Waals surface area contributed by atoms with Crippen LogP contribution >= 0.6 is 0 Å². The molecule has 2 rings (SSSR count). The van der Waals surface area contributed by atoms with E-state index in [1.807, 2.05) is 6.92 Å². The van der Waals surface area contributed by atoms with Crippen LogP contribution in [-0.2, 0) is 6.18 Å². The molecule has 20 heavy (non-hydrogen) atoms. The quantitative estimate of drug-likeness (QED) is 0.935. The van der Waals surface area contributed by atoms with Crippen LogP contribution < -0.4 is 5.32 Å². The Labute approximate surface area is 114 Å². The largest absolute Gasteiger partial charge is 0.416 e. The van der Waals surface area contributed by atoms with Crippen LogP contribution in [0.1, 0.15) is 29.7 Å². The molecule has 0 bridgehead atoms. The van der Waals surface area contributed by atoms with E-state index in [0.29, 0.717) is 12.1 Å². The Morgan fingerprint density at radius 3 is 2.55 bits per heavy atom. The molecule has 106 valence electrons. The van der Waals surface area contributed by atoms with E-state index in [4.69, 9.17) is 0 Å². The second-order valence-corrected chi connectivity index (χ2v) is 4.29. The molecule has 1 N–H and O–H groups in total. The van der Waals surface area contributed by atoms with Gasteiger partial charge in [0.05, 0.1) is 17.8 Å². The third-order valence-electron chi connectivity index (χ3n) is 2.90. The molecule has 0 amide bonds. The number of nitrogens with one attached hydrogen (secondary N) is 1. The molecule has 1 atom stereocenters. The molecule has 0 saturated heterocycles. The molecule has 1 aromatic heterocycles. The fourth-order valence-corrected chi connectivity index (χ4v) is 2.00. The second kappa shape index (κ2) is 6.00. The number of aromatic nitrogens is 2. The summed E-state index contributed by atoms with van der Waals surface area (Å²) in [4.78, 5) is 0. The van der Waals surface area contributed by atoms with Crippen molar-refractivity contribution >= 4 is 0 Å². The van der Waals surface area contributed by atoms with Crippen LogP contribution in [0.2, 0.25) is 0 Å². The van der Waals surface area contributed by atoms with E-state index < -0.39 is 11.7 Å². The minimum absolute atomic E-state index is 0.335. The lowest BCUT2D eigenvalue weighted by atomic mass is 9.98. The molecule has 1 aromatic carbocycles. The number of hydrogen-bond donors (Lipinski definition) is 1. The Morgan fingerprint density at radius 1 is 1.15 bits per heavy atom. The summed E-state index contributed by atoms with van der Waals surface area (Å²) >= 11 is 0. The van der Waals surface area contributed by atoms with Crippen molar-refractivity contribution in [1.29, 1.82) is 0 Å². The minimum Gasteiger partial charge on any atom is -0.306 e. The molecular weight excluding hydrogens is 267 g/mol. The number of alkyl halides is 3. The second-order valence-electron chi connectivity index (χ2n) is 4.29. The van der Waals surface area contributed by atoms with E-state index in [9.17, 15) is 13.2 Å². The predicted molar refractivity (Wildman–Crippen MR) is 69.0 cm³/mol. The van der Waals surface area contributed by atoms with Gasteiger partial charge in [0.25, 0.3) is 0 Å². The maximum absolute atomic E-state index is 12.8. The minimum atomic E-state index is -4.34. The zero-order valence-corrected chi connectivity index (χ0v) is 10.9. The van der Waals surface area contributed by atoms with Gasteiger partial charge in [-0.2, -0.15) is 23.4 Å². The van der Waals surface area contributed by atoms with Crippen LogP contribution in [0.15, 0.2) is 42.7 Å². The molecule has 0 aliphatic heterocycles. The fraction of sp³-hybridized carbons (Fsp3) is 0.286. The number of benzene rings is 1. The lowest BCUT2D eigenvalue weighted by Crippen LogP contribution is -2.22. The van der Waals surface area contributed by atoms with E-state index in [1.54, 1.807) is 18.3 Å². The standard InChI is InChI=1S/C14H14F3N3/c1-2-18-13(11-6-7-19-20-9-11)10-4-3-5-12(8-10)14(15,16)17/h3-9,13,18H,2H2,1H3. The molecule has 6 heteroatoms. The van der Waals surface area contributed by atoms with Crippen molar-refractivity contribution in [1.82, 2.24) is 15.5 Å². The van der Waals surface area contributed by atoms with E-state index >= 15 is 0 Å². The van der Waals surface area contributed by atoms with E-state index in [-0.39, 0.29) is 6.04 Å². The van der Waals surface area contributed by atoms with Crippen LogP contribution in [0.5, 0.6) is 0 Å². The predicted octanol–water partition coefficient (Wildman–Crippen LogP) is 3.19. The third-order valence-corrected chi connectivity index (χ3v) is 2.90. The highest BCUT2D eigenvalue weighted by Gasteiger charge is 2.31.